The Morgan fingerprint density at radius 3 is 2.45 bits per heavy atom. The van der Waals surface area contributed by atoms with E-state index in [1.54, 1.807) is 0 Å². The van der Waals surface area contributed by atoms with Crippen LogP contribution in [0.3, 0.4) is 0 Å². The van der Waals surface area contributed by atoms with E-state index in [0.29, 0.717) is 12.5 Å². The standard InChI is InChI=1S/C21H35N7.HI/c1-17(2)12-14-23-21(24-16-20-26-25-18(3)28(20)5)22-13-9-15-27(4)19-10-7-6-8-11-19;/h6-8,10-11,17H,9,12-16H2,1-5H3,(H2,22,23,24);1H. The lowest BCUT2D eigenvalue weighted by Gasteiger charge is -2.20. The van der Waals surface area contributed by atoms with E-state index >= 15 is 0 Å². The summed E-state index contributed by atoms with van der Waals surface area (Å²) in [6.45, 7) is 9.68. The van der Waals surface area contributed by atoms with Gasteiger partial charge in [0.25, 0.3) is 0 Å². The van der Waals surface area contributed by atoms with Gasteiger partial charge in [0.1, 0.15) is 12.4 Å². The first-order valence-corrected chi connectivity index (χ1v) is 10.1. The molecule has 0 aliphatic rings. The average Bonchev–Trinajstić information content (AvgIpc) is 3.01. The number of nitrogens with one attached hydrogen (secondary N) is 2. The molecule has 8 heteroatoms. The third-order valence-corrected chi connectivity index (χ3v) is 4.74. The van der Waals surface area contributed by atoms with Crippen molar-refractivity contribution in [2.24, 2.45) is 18.0 Å². The van der Waals surface area contributed by atoms with Gasteiger partial charge in [-0.05, 0) is 37.8 Å². The summed E-state index contributed by atoms with van der Waals surface area (Å²) in [5.74, 6) is 3.26. The molecule has 7 nitrogen and oxygen atoms in total. The third kappa shape index (κ3) is 9.01. The molecule has 29 heavy (non-hydrogen) atoms. The Morgan fingerprint density at radius 1 is 1.14 bits per heavy atom. The van der Waals surface area contributed by atoms with E-state index in [4.69, 9.17) is 4.99 Å². The second kappa shape index (κ2) is 13.4. The molecule has 1 heterocycles. The Bertz CT molecular complexity index is 728. The molecule has 0 aliphatic heterocycles. The zero-order chi connectivity index (χ0) is 20.4. The van der Waals surface area contributed by atoms with Gasteiger partial charge >= 0.3 is 0 Å². The molecule has 0 spiro atoms. The van der Waals surface area contributed by atoms with Crippen molar-refractivity contribution in [1.29, 1.82) is 0 Å². The molecule has 0 bridgehead atoms. The third-order valence-electron chi connectivity index (χ3n) is 4.74. The Balaban J connectivity index is 0.00000420. The maximum atomic E-state index is 4.70. The van der Waals surface area contributed by atoms with Gasteiger partial charge in [-0.3, -0.25) is 0 Å². The van der Waals surface area contributed by atoms with Crippen LogP contribution in [0, 0.1) is 12.8 Å². The lowest BCUT2D eigenvalue weighted by atomic mass is 10.1. The number of hydrogen-bond donors (Lipinski definition) is 2. The number of para-hydroxylation sites is 1. The fourth-order valence-corrected chi connectivity index (χ4v) is 2.73. The van der Waals surface area contributed by atoms with Crippen molar-refractivity contribution in [1.82, 2.24) is 25.4 Å². The zero-order valence-corrected chi connectivity index (χ0v) is 20.7. The molecule has 0 aliphatic carbocycles. The molecular formula is C21H36IN7. The maximum absolute atomic E-state index is 4.70. The molecule has 1 aromatic heterocycles. The summed E-state index contributed by atoms with van der Waals surface area (Å²) in [5.41, 5.74) is 1.24. The first-order valence-electron chi connectivity index (χ1n) is 10.1. The molecule has 1 aromatic carbocycles. The number of guanidine groups is 1. The molecule has 0 radical (unpaired) electrons. The SMILES string of the molecule is Cc1nnc(CN=C(NCCCN(C)c2ccccc2)NCCC(C)C)n1C.I. The summed E-state index contributed by atoms with van der Waals surface area (Å²) in [5, 5.41) is 15.2. The number of aryl methyl sites for hydroxylation is 1. The lowest BCUT2D eigenvalue weighted by Crippen LogP contribution is -2.39. The van der Waals surface area contributed by atoms with E-state index in [-0.39, 0.29) is 24.0 Å². The van der Waals surface area contributed by atoms with Gasteiger partial charge in [-0.15, -0.1) is 34.2 Å². The molecule has 2 aromatic rings. The van der Waals surface area contributed by atoms with Crippen molar-refractivity contribution in [2.75, 3.05) is 31.6 Å². The molecule has 0 saturated carbocycles. The summed E-state index contributed by atoms with van der Waals surface area (Å²) in [6.07, 6.45) is 2.14. The minimum atomic E-state index is 0. The van der Waals surface area contributed by atoms with Crippen LogP contribution in [0.25, 0.3) is 0 Å². The fraction of sp³-hybridized carbons (Fsp3) is 0.571. The van der Waals surface area contributed by atoms with Crippen LogP contribution in [-0.4, -0.2) is 47.4 Å². The zero-order valence-electron chi connectivity index (χ0n) is 18.4. The van der Waals surface area contributed by atoms with E-state index in [9.17, 15) is 0 Å². The van der Waals surface area contributed by atoms with Gasteiger partial charge in [-0.2, -0.15) is 0 Å². The summed E-state index contributed by atoms with van der Waals surface area (Å²) in [4.78, 5) is 6.97. The van der Waals surface area contributed by atoms with Crippen LogP contribution >= 0.6 is 24.0 Å². The lowest BCUT2D eigenvalue weighted by molar-refractivity contribution is 0.572. The van der Waals surface area contributed by atoms with Crippen LogP contribution in [0.15, 0.2) is 35.3 Å². The molecule has 0 fully saturated rings. The Kier molecular flexibility index (Phi) is 11.6. The molecule has 0 unspecified atom stereocenters. The molecule has 2 N–H and O–H groups in total. The summed E-state index contributed by atoms with van der Waals surface area (Å²) in [7, 11) is 4.10. The number of anilines is 1. The first kappa shape index (κ1) is 25.2. The largest absolute Gasteiger partial charge is 0.375 e. The number of hydrogen-bond acceptors (Lipinski definition) is 4. The van der Waals surface area contributed by atoms with Crippen LogP contribution in [0.4, 0.5) is 5.69 Å². The Labute approximate surface area is 192 Å². The number of nitrogens with zero attached hydrogens (tertiary/aromatic N) is 5. The van der Waals surface area contributed by atoms with Crippen LogP contribution in [0.2, 0.25) is 0 Å². The molecule has 2 rings (SSSR count). The highest BCUT2D eigenvalue weighted by atomic mass is 127. The Morgan fingerprint density at radius 2 is 1.83 bits per heavy atom. The number of halogens is 1. The van der Waals surface area contributed by atoms with Crippen LogP contribution < -0.4 is 15.5 Å². The van der Waals surface area contributed by atoms with Crippen molar-refractivity contribution in [3.8, 4) is 0 Å². The second-order valence-corrected chi connectivity index (χ2v) is 7.53. The van der Waals surface area contributed by atoms with E-state index in [2.05, 4.69) is 70.9 Å². The van der Waals surface area contributed by atoms with Gasteiger partial charge in [-0.1, -0.05) is 32.0 Å². The Hall–Kier alpha value is -1.84. The average molecular weight is 513 g/mol. The van der Waals surface area contributed by atoms with Gasteiger partial charge in [0.2, 0.25) is 0 Å². The molecule has 0 saturated heterocycles. The van der Waals surface area contributed by atoms with Crippen LogP contribution in [0.5, 0.6) is 0 Å². The first-order chi connectivity index (χ1) is 13.5. The summed E-state index contributed by atoms with van der Waals surface area (Å²) < 4.78 is 1.98. The van der Waals surface area contributed by atoms with Crippen molar-refractivity contribution >= 4 is 35.6 Å². The fourth-order valence-electron chi connectivity index (χ4n) is 2.73. The van der Waals surface area contributed by atoms with Crippen LogP contribution in [-0.2, 0) is 13.6 Å². The van der Waals surface area contributed by atoms with Crippen molar-refractivity contribution in [3.05, 3.63) is 42.0 Å². The van der Waals surface area contributed by atoms with Gasteiger partial charge in [0, 0.05) is 39.4 Å². The van der Waals surface area contributed by atoms with Gasteiger partial charge in [0.05, 0.1) is 0 Å². The van der Waals surface area contributed by atoms with E-state index in [1.807, 2.05) is 24.6 Å². The van der Waals surface area contributed by atoms with Crippen molar-refractivity contribution < 1.29 is 0 Å². The number of aromatic nitrogens is 3. The normalized spacial score (nSPS) is 11.3. The van der Waals surface area contributed by atoms with Gasteiger partial charge in [-0.25, -0.2) is 4.99 Å². The van der Waals surface area contributed by atoms with E-state index < -0.39 is 0 Å². The summed E-state index contributed by atoms with van der Waals surface area (Å²) >= 11 is 0. The quantitative estimate of drug-likeness (QED) is 0.221. The second-order valence-electron chi connectivity index (χ2n) is 7.53. The van der Waals surface area contributed by atoms with Crippen LogP contribution in [0.1, 0.15) is 38.3 Å². The van der Waals surface area contributed by atoms with Gasteiger partial charge in [0.15, 0.2) is 11.8 Å². The van der Waals surface area contributed by atoms with Gasteiger partial charge < -0.3 is 20.1 Å². The van der Waals surface area contributed by atoms with Crippen molar-refractivity contribution in [3.63, 3.8) is 0 Å². The topological polar surface area (TPSA) is 70.4 Å². The van der Waals surface area contributed by atoms with Crippen molar-refractivity contribution in [2.45, 2.75) is 40.2 Å². The summed E-state index contributed by atoms with van der Waals surface area (Å²) in [6, 6.07) is 10.5. The number of benzene rings is 1. The molecule has 0 atom stereocenters. The number of aliphatic imine (C=N–C) groups is 1. The van der Waals surface area contributed by atoms with E-state index in [0.717, 1.165) is 50.1 Å². The van der Waals surface area contributed by atoms with E-state index in [1.165, 1.54) is 5.69 Å². The minimum absolute atomic E-state index is 0. The number of rotatable bonds is 10. The monoisotopic (exact) mass is 513 g/mol. The maximum Gasteiger partial charge on any atom is 0.191 e. The minimum Gasteiger partial charge on any atom is -0.375 e. The highest BCUT2D eigenvalue weighted by molar-refractivity contribution is 14.0. The highest BCUT2D eigenvalue weighted by Crippen LogP contribution is 2.10. The molecule has 162 valence electrons. The smallest absolute Gasteiger partial charge is 0.191 e. The highest BCUT2D eigenvalue weighted by Gasteiger charge is 2.06. The predicted octanol–water partition coefficient (Wildman–Crippen LogP) is 3.35. The molecule has 0 amide bonds. The molecular weight excluding hydrogens is 477 g/mol. The predicted molar refractivity (Wildman–Crippen MR) is 132 cm³/mol.